The molecule has 4 rings (SSSR count). The normalized spacial score (nSPS) is 13.0. The Bertz CT molecular complexity index is 946. The van der Waals surface area contributed by atoms with Crippen LogP contribution >= 0.6 is 11.3 Å². The number of aryl methyl sites for hydroxylation is 1. The van der Waals surface area contributed by atoms with E-state index in [-0.39, 0.29) is 5.82 Å². The number of nitrogens with two attached hydrogens (primary N) is 1. The van der Waals surface area contributed by atoms with Gasteiger partial charge in [0.15, 0.2) is 0 Å². The smallest absolute Gasteiger partial charge is 0.203 e. The van der Waals surface area contributed by atoms with Gasteiger partial charge in [0.05, 0.1) is 11.4 Å². The van der Waals surface area contributed by atoms with E-state index in [0.717, 1.165) is 33.8 Å². The molecule has 0 unspecified atom stereocenters. The zero-order valence-electron chi connectivity index (χ0n) is 12.4. The molecule has 1 aromatic carbocycles. The number of pyridine rings is 1. The van der Waals surface area contributed by atoms with Crippen molar-refractivity contribution in [1.29, 1.82) is 0 Å². The maximum absolute atomic E-state index is 13.5. The van der Waals surface area contributed by atoms with E-state index >= 15 is 0 Å². The Morgan fingerprint density at radius 1 is 1.17 bits per heavy atom. The number of halogens is 1. The molecule has 23 heavy (non-hydrogen) atoms. The first-order chi connectivity index (χ1) is 11.1. The molecule has 4 nitrogen and oxygen atoms in total. The van der Waals surface area contributed by atoms with Gasteiger partial charge in [0.1, 0.15) is 10.8 Å². The first-order valence-electron chi connectivity index (χ1n) is 7.18. The number of anilines is 1. The second-order valence-corrected chi connectivity index (χ2v) is 6.41. The number of hydrogen-bond acceptors (Lipinski definition) is 5. The fourth-order valence-corrected chi connectivity index (χ4v) is 3.35. The van der Waals surface area contributed by atoms with E-state index < -0.39 is 0 Å². The van der Waals surface area contributed by atoms with Gasteiger partial charge in [-0.25, -0.2) is 4.39 Å². The van der Waals surface area contributed by atoms with Crippen LogP contribution in [-0.4, -0.2) is 15.2 Å². The van der Waals surface area contributed by atoms with Gasteiger partial charge in [0.25, 0.3) is 0 Å². The third-order valence-corrected chi connectivity index (χ3v) is 4.71. The van der Waals surface area contributed by atoms with Gasteiger partial charge >= 0.3 is 0 Å². The minimum Gasteiger partial charge on any atom is -0.374 e. The molecular formula is C17H13FN4S. The predicted molar refractivity (Wildman–Crippen MR) is 89.5 cm³/mol. The Morgan fingerprint density at radius 3 is 2.78 bits per heavy atom. The summed E-state index contributed by atoms with van der Waals surface area (Å²) >= 11 is 1.36. The molecule has 0 radical (unpaired) electrons. The van der Waals surface area contributed by atoms with Crippen molar-refractivity contribution >= 4 is 22.0 Å². The van der Waals surface area contributed by atoms with Crippen LogP contribution < -0.4 is 5.73 Å². The number of nitrogen functional groups attached to an aromatic ring is 1. The molecule has 6 heteroatoms. The Morgan fingerprint density at radius 2 is 2.04 bits per heavy atom. The lowest BCUT2D eigenvalue weighted by Crippen LogP contribution is -1.95. The highest BCUT2D eigenvalue weighted by atomic mass is 32.1. The molecule has 2 aromatic heterocycles. The predicted octanol–water partition coefficient (Wildman–Crippen LogP) is 3.62. The number of rotatable bonds is 2. The van der Waals surface area contributed by atoms with Crippen molar-refractivity contribution in [2.75, 3.05) is 5.73 Å². The Balaban J connectivity index is 1.79. The van der Waals surface area contributed by atoms with Crippen LogP contribution in [0.3, 0.4) is 0 Å². The highest BCUT2D eigenvalue weighted by molar-refractivity contribution is 7.18. The third kappa shape index (κ3) is 2.41. The van der Waals surface area contributed by atoms with Gasteiger partial charge in [-0.2, -0.15) is 0 Å². The fourth-order valence-electron chi connectivity index (χ4n) is 2.75. The number of hydrogen-bond donors (Lipinski definition) is 1. The summed E-state index contributed by atoms with van der Waals surface area (Å²) in [5.41, 5.74) is 11.2. The van der Waals surface area contributed by atoms with Crippen molar-refractivity contribution < 1.29 is 4.39 Å². The maximum Gasteiger partial charge on any atom is 0.203 e. The summed E-state index contributed by atoms with van der Waals surface area (Å²) in [4.78, 5) is 4.37. The van der Waals surface area contributed by atoms with E-state index in [1.807, 2.05) is 6.07 Å². The molecule has 0 saturated carbocycles. The number of benzene rings is 1. The molecule has 1 aliphatic carbocycles. The maximum atomic E-state index is 13.5. The molecule has 0 saturated heterocycles. The Hall–Kier alpha value is -2.60. The van der Waals surface area contributed by atoms with Crippen LogP contribution in [0.25, 0.3) is 16.1 Å². The molecule has 2 N–H and O–H groups in total. The molecule has 0 atom stereocenters. The fraction of sp³-hybridized carbons (Fsp3) is 0.118. The van der Waals surface area contributed by atoms with Gasteiger partial charge < -0.3 is 5.73 Å². The first kappa shape index (κ1) is 14.0. The summed E-state index contributed by atoms with van der Waals surface area (Å²) < 4.78 is 13.5. The summed E-state index contributed by atoms with van der Waals surface area (Å²) in [6, 6.07) is 9.38. The molecule has 3 aromatic rings. The molecule has 0 fully saturated rings. The van der Waals surface area contributed by atoms with E-state index in [9.17, 15) is 4.39 Å². The van der Waals surface area contributed by atoms with Gasteiger partial charge in [0, 0.05) is 11.1 Å². The topological polar surface area (TPSA) is 64.7 Å². The highest BCUT2D eigenvalue weighted by Crippen LogP contribution is 2.36. The van der Waals surface area contributed by atoms with Crippen LogP contribution in [0, 0.1) is 12.7 Å². The lowest BCUT2D eigenvalue weighted by atomic mass is 10.00. The molecule has 0 bridgehead atoms. The van der Waals surface area contributed by atoms with Crippen LogP contribution in [0.4, 0.5) is 9.52 Å². The van der Waals surface area contributed by atoms with E-state index in [4.69, 9.17) is 5.73 Å². The second-order valence-electron chi connectivity index (χ2n) is 5.40. The monoisotopic (exact) mass is 324 g/mol. The number of aromatic nitrogens is 3. The third-order valence-electron chi connectivity index (χ3n) is 3.91. The van der Waals surface area contributed by atoms with Gasteiger partial charge in [-0.3, -0.25) is 4.98 Å². The number of fused-ring (bicyclic) bond motifs is 1. The SMILES string of the molecule is Cc1nc(C2=CCc3ccc(-c4nnc(N)s4)cc32)ccc1F. The number of allylic oxidation sites excluding steroid dienone is 1. The van der Waals surface area contributed by atoms with Crippen molar-refractivity contribution in [1.82, 2.24) is 15.2 Å². The van der Waals surface area contributed by atoms with Crippen LogP contribution in [0.1, 0.15) is 22.5 Å². The molecule has 114 valence electrons. The van der Waals surface area contributed by atoms with E-state index in [2.05, 4.69) is 33.4 Å². The van der Waals surface area contributed by atoms with Crippen molar-refractivity contribution in [2.45, 2.75) is 13.3 Å². The molecule has 1 aliphatic rings. The highest BCUT2D eigenvalue weighted by Gasteiger charge is 2.19. The molecular weight excluding hydrogens is 311 g/mol. The van der Waals surface area contributed by atoms with Gasteiger partial charge in [0.2, 0.25) is 5.13 Å². The van der Waals surface area contributed by atoms with E-state index in [0.29, 0.717) is 10.8 Å². The molecule has 0 spiro atoms. The summed E-state index contributed by atoms with van der Waals surface area (Å²) in [7, 11) is 0. The standard InChI is InChI=1S/C17H13FN4S/c1-9-14(18)6-7-15(20-9)12-5-4-10-2-3-11(8-13(10)12)16-21-22-17(19)23-16/h2-3,5-8H,4H2,1H3,(H2,19,22). The van der Waals surface area contributed by atoms with Crippen molar-refractivity contribution in [3.63, 3.8) is 0 Å². The summed E-state index contributed by atoms with van der Waals surface area (Å²) in [6.45, 7) is 1.68. The van der Waals surface area contributed by atoms with Gasteiger partial charge in [-0.15, -0.1) is 10.2 Å². The van der Waals surface area contributed by atoms with Gasteiger partial charge in [-0.05, 0) is 42.7 Å². The average Bonchev–Trinajstić information content (AvgIpc) is 3.15. The molecule has 0 amide bonds. The molecule has 0 aliphatic heterocycles. The first-order valence-corrected chi connectivity index (χ1v) is 8.00. The lowest BCUT2D eigenvalue weighted by molar-refractivity contribution is 0.609. The Kier molecular flexibility index (Phi) is 3.20. The van der Waals surface area contributed by atoms with E-state index in [1.54, 1.807) is 13.0 Å². The minimum absolute atomic E-state index is 0.286. The minimum atomic E-state index is -0.286. The van der Waals surface area contributed by atoms with Crippen molar-refractivity contribution in [3.05, 3.63) is 64.7 Å². The van der Waals surface area contributed by atoms with Crippen molar-refractivity contribution in [3.8, 4) is 10.6 Å². The van der Waals surface area contributed by atoms with Crippen LogP contribution in [0.15, 0.2) is 36.4 Å². The van der Waals surface area contributed by atoms with Crippen LogP contribution in [0.5, 0.6) is 0 Å². The Labute approximate surface area is 136 Å². The van der Waals surface area contributed by atoms with Gasteiger partial charge in [-0.1, -0.05) is 29.5 Å². The quantitative estimate of drug-likeness (QED) is 0.782. The van der Waals surface area contributed by atoms with E-state index in [1.165, 1.54) is 23.0 Å². The van der Waals surface area contributed by atoms with Crippen molar-refractivity contribution in [2.24, 2.45) is 0 Å². The van der Waals surface area contributed by atoms with Crippen LogP contribution in [0.2, 0.25) is 0 Å². The summed E-state index contributed by atoms with van der Waals surface area (Å²) in [5, 5.41) is 9.20. The molecule has 2 heterocycles. The largest absolute Gasteiger partial charge is 0.374 e. The zero-order valence-corrected chi connectivity index (χ0v) is 13.2. The second kappa shape index (κ2) is 5.24. The lowest BCUT2D eigenvalue weighted by Gasteiger charge is -2.08. The number of nitrogens with zero attached hydrogens (tertiary/aromatic N) is 3. The average molecular weight is 324 g/mol. The summed E-state index contributed by atoms with van der Waals surface area (Å²) in [6.07, 6.45) is 2.98. The zero-order chi connectivity index (χ0) is 16.0. The van der Waals surface area contributed by atoms with Crippen LogP contribution in [-0.2, 0) is 6.42 Å². The summed E-state index contributed by atoms with van der Waals surface area (Å²) in [5.74, 6) is -0.286.